The van der Waals surface area contributed by atoms with Gasteiger partial charge in [0.25, 0.3) is 0 Å². The third kappa shape index (κ3) is 5.07. The smallest absolute Gasteiger partial charge is 0.416 e. The lowest BCUT2D eigenvalue weighted by Gasteiger charge is -2.42. The van der Waals surface area contributed by atoms with E-state index in [1.165, 1.54) is 12.1 Å². The third-order valence-electron chi connectivity index (χ3n) is 7.77. The molecular weight excluding hydrogens is 582 g/mol. The first kappa shape index (κ1) is 29.3. The molecule has 0 aromatic heterocycles. The van der Waals surface area contributed by atoms with Crippen LogP contribution in [0.2, 0.25) is 0 Å². The maximum Gasteiger partial charge on any atom is 0.416 e. The number of ether oxygens (including phenoxy) is 2. The van der Waals surface area contributed by atoms with Crippen molar-refractivity contribution in [1.82, 2.24) is 0 Å². The SMILES string of the molecule is COc1ccc(C2=C(c3ccc(OC)cc3)N(c3ccccc3)P(=O)(c3ccc(C(F)(F)F)cc3)c3ccc(C)cc32)cc1. The average Bonchev–Trinajstić information content (AvgIpc) is 3.04. The Morgan fingerprint density at radius 3 is 1.80 bits per heavy atom. The summed E-state index contributed by atoms with van der Waals surface area (Å²) in [4.78, 5) is 0. The molecule has 0 N–H and O–H groups in total. The van der Waals surface area contributed by atoms with Crippen LogP contribution in [-0.4, -0.2) is 14.2 Å². The Bertz CT molecular complexity index is 1880. The van der Waals surface area contributed by atoms with Crippen molar-refractivity contribution in [2.24, 2.45) is 0 Å². The van der Waals surface area contributed by atoms with E-state index in [1.54, 1.807) is 14.2 Å². The van der Waals surface area contributed by atoms with E-state index in [1.807, 2.05) is 109 Å². The van der Waals surface area contributed by atoms with Gasteiger partial charge in [-0.05, 0) is 102 Å². The molecule has 0 bridgehead atoms. The van der Waals surface area contributed by atoms with Crippen LogP contribution in [0.3, 0.4) is 0 Å². The molecule has 0 saturated heterocycles. The molecule has 0 saturated carbocycles. The lowest BCUT2D eigenvalue weighted by Crippen LogP contribution is -2.37. The number of hydrogen-bond donors (Lipinski definition) is 0. The highest BCUT2D eigenvalue weighted by Gasteiger charge is 2.45. The third-order valence-corrected chi connectivity index (χ3v) is 10.8. The average molecular weight is 612 g/mol. The highest BCUT2D eigenvalue weighted by Crippen LogP contribution is 2.60. The summed E-state index contributed by atoms with van der Waals surface area (Å²) < 4.78 is 69.5. The summed E-state index contributed by atoms with van der Waals surface area (Å²) in [6.07, 6.45) is -4.52. The maximum atomic E-state index is 16.0. The predicted octanol–water partition coefficient (Wildman–Crippen LogP) is 8.70. The van der Waals surface area contributed by atoms with Crippen molar-refractivity contribution >= 4 is 34.9 Å². The predicted molar refractivity (Wildman–Crippen MR) is 170 cm³/mol. The number of aryl methyl sites for hydroxylation is 1. The van der Waals surface area contributed by atoms with Crippen LogP contribution in [0, 0.1) is 6.92 Å². The molecule has 1 aliphatic heterocycles. The molecule has 5 aromatic carbocycles. The Morgan fingerprint density at radius 1 is 0.682 bits per heavy atom. The fourth-order valence-electron chi connectivity index (χ4n) is 5.63. The fraction of sp³-hybridized carbons (Fsp3) is 0.111. The van der Waals surface area contributed by atoms with Gasteiger partial charge in [-0.2, -0.15) is 13.2 Å². The molecular formula is C36H29F3NO3P. The van der Waals surface area contributed by atoms with Gasteiger partial charge in [0.1, 0.15) is 11.5 Å². The number of nitrogens with zero attached hydrogens (tertiary/aromatic N) is 1. The second kappa shape index (κ2) is 11.4. The normalized spacial score (nSPS) is 16.5. The molecule has 1 unspecified atom stereocenters. The highest BCUT2D eigenvalue weighted by molar-refractivity contribution is 7.80. The van der Waals surface area contributed by atoms with E-state index in [-0.39, 0.29) is 0 Å². The Labute approximate surface area is 254 Å². The number of alkyl halides is 3. The number of hydrogen-bond acceptors (Lipinski definition) is 3. The van der Waals surface area contributed by atoms with E-state index in [0.717, 1.165) is 40.0 Å². The van der Waals surface area contributed by atoms with Crippen LogP contribution in [0.4, 0.5) is 18.9 Å². The molecule has 1 heterocycles. The first-order valence-corrected chi connectivity index (χ1v) is 15.6. The van der Waals surface area contributed by atoms with Gasteiger partial charge in [0.05, 0.1) is 25.5 Å². The molecule has 222 valence electrons. The standard InChI is InChI=1S/C36H29F3NO3P/c1-24-9-22-33-32(23-24)34(25-10-16-29(42-2)17-11-25)35(26-12-18-30(43-3)19-13-26)40(28-7-5-4-6-8-28)44(33,41)31-20-14-27(15-21-31)36(37,38)39/h4-23H,1-3H3. The van der Waals surface area contributed by atoms with Gasteiger partial charge in [-0.3, -0.25) is 9.24 Å². The first-order chi connectivity index (χ1) is 21.1. The Morgan fingerprint density at radius 2 is 1.25 bits per heavy atom. The van der Waals surface area contributed by atoms with Crippen LogP contribution in [0.15, 0.2) is 121 Å². The van der Waals surface area contributed by atoms with Crippen molar-refractivity contribution in [2.45, 2.75) is 13.1 Å². The summed E-state index contributed by atoms with van der Waals surface area (Å²) in [5.74, 6) is 1.35. The Kier molecular flexibility index (Phi) is 7.60. The highest BCUT2D eigenvalue weighted by atomic mass is 31.2. The van der Waals surface area contributed by atoms with Gasteiger partial charge in [0, 0.05) is 21.9 Å². The maximum absolute atomic E-state index is 16.0. The van der Waals surface area contributed by atoms with Crippen molar-refractivity contribution < 1.29 is 27.2 Å². The van der Waals surface area contributed by atoms with E-state index >= 15 is 4.57 Å². The topological polar surface area (TPSA) is 38.8 Å². The monoisotopic (exact) mass is 611 g/mol. The van der Waals surface area contributed by atoms with Crippen LogP contribution in [-0.2, 0) is 10.7 Å². The van der Waals surface area contributed by atoms with E-state index in [4.69, 9.17) is 9.47 Å². The van der Waals surface area contributed by atoms with Crippen molar-refractivity contribution in [3.63, 3.8) is 0 Å². The van der Waals surface area contributed by atoms with Gasteiger partial charge in [-0.25, -0.2) is 0 Å². The molecule has 4 nitrogen and oxygen atoms in total. The van der Waals surface area contributed by atoms with E-state index in [9.17, 15) is 13.2 Å². The molecule has 0 fully saturated rings. The summed E-state index contributed by atoms with van der Waals surface area (Å²) in [6, 6.07) is 34.9. The zero-order chi connectivity index (χ0) is 31.1. The zero-order valence-electron chi connectivity index (χ0n) is 24.3. The van der Waals surface area contributed by atoms with Crippen LogP contribution in [0.1, 0.15) is 27.8 Å². The number of rotatable bonds is 6. The lowest BCUT2D eigenvalue weighted by atomic mass is 9.91. The second-order valence-corrected chi connectivity index (χ2v) is 13.0. The summed E-state index contributed by atoms with van der Waals surface area (Å²) >= 11 is 0. The zero-order valence-corrected chi connectivity index (χ0v) is 25.2. The van der Waals surface area contributed by atoms with Crippen molar-refractivity contribution in [3.8, 4) is 11.5 Å². The van der Waals surface area contributed by atoms with Gasteiger partial charge in [-0.15, -0.1) is 0 Å². The van der Waals surface area contributed by atoms with Crippen LogP contribution >= 0.6 is 7.29 Å². The number of benzene rings is 5. The quantitative estimate of drug-likeness (QED) is 0.180. The Balaban J connectivity index is 1.76. The van der Waals surface area contributed by atoms with Crippen molar-refractivity contribution in [3.05, 3.63) is 149 Å². The van der Waals surface area contributed by atoms with Crippen LogP contribution < -0.4 is 24.8 Å². The Hall–Kier alpha value is -4.74. The van der Waals surface area contributed by atoms with Gasteiger partial charge in [0.2, 0.25) is 7.29 Å². The van der Waals surface area contributed by atoms with E-state index in [0.29, 0.717) is 33.5 Å². The van der Waals surface area contributed by atoms with Gasteiger partial charge < -0.3 is 9.47 Å². The molecule has 0 aliphatic carbocycles. The summed E-state index contributed by atoms with van der Waals surface area (Å²) in [5, 5.41) is 0.828. The summed E-state index contributed by atoms with van der Waals surface area (Å²) in [7, 11) is -0.647. The van der Waals surface area contributed by atoms with E-state index < -0.39 is 19.0 Å². The second-order valence-electron chi connectivity index (χ2n) is 10.5. The molecule has 0 radical (unpaired) electrons. The number of methoxy groups -OCH3 is 2. The molecule has 6 rings (SSSR count). The van der Waals surface area contributed by atoms with E-state index in [2.05, 4.69) is 0 Å². The minimum atomic E-state index is -4.52. The first-order valence-electron chi connectivity index (χ1n) is 13.9. The largest absolute Gasteiger partial charge is 0.497 e. The number of halogens is 3. The lowest BCUT2D eigenvalue weighted by molar-refractivity contribution is -0.137. The van der Waals surface area contributed by atoms with Gasteiger partial charge in [-0.1, -0.05) is 48.0 Å². The molecule has 0 amide bonds. The molecule has 8 heteroatoms. The van der Waals surface area contributed by atoms with Crippen LogP contribution in [0.5, 0.6) is 11.5 Å². The minimum Gasteiger partial charge on any atom is -0.497 e. The van der Waals surface area contributed by atoms with Crippen molar-refractivity contribution in [1.29, 1.82) is 0 Å². The summed E-state index contributed by atoms with van der Waals surface area (Å²) in [6.45, 7) is 1.96. The fourth-order valence-corrected chi connectivity index (χ4v) is 8.64. The van der Waals surface area contributed by atoms with Gasteiger partial charge >= 0.3 is 6.18 Å². The molecule has 1 atom stereocenters. The van der Waals surface area contributed by atoms with Crippen LogP contribution in [0.25, 0.3) is 11.3 Å². The van der Waals surface area contributed by atoms with Crippen molar-refractivity contribution in [2.75, 3.05) is 18.9 Å². The number of fused-ring (bicyclic) bond motifs is 1. The molecule has 1 aliphatic rings. The molecule has 44 heavy (non-hydrogen) atoms. The number of anilines is 1. The van der Waals surface area contributed by atoms with Gasteiger partial charge in [0.15, 0.2) is 0 Å². The minimum absolute atomic E-state index is 0.291. The summed E-state index contributed by atoms with van der Waals surface area (Å²) in [5.41, 5.74) is 4.66. The number of para-hydroxylation sites is 1. The molecule has 0 spiro atoms. The molecule has 5 aromatic rings.